The Kier molecular flexibility index (Phi) is 5.92. The number of likely N-dealkylation sites (N-methyl/N-ethyl adjacent to an activating group) is 1. The average Bonchev–Trinajstić information content (AvgIpc) is 2.58. The van der Waals surface area contributed by atoms with Crippen molar-refractivity contribution in [3.63, 3.8) is 0 Å². The van der Waals surface area contributed by atoms with Crippen LogP contribution in [0.3, 0.4) is 0 Å². The summed E-state index contributed by atoms with van der Waals surface area (Å²) in [5, 5.41) is 9.66. The molecule has 2 amide bonds. The van der Waals surface area contributed by atoms with Crippen LogP contribution in [0.15, 0.2) is 54.6 Å². The second-order valence-corrected chi connectivity index (χ2v) is 5.63. The van der Waals surface area contributed by atoms with Crippen molar-refractivity contribution >= 4 is 11.8 Å². The van der Waals surface area contributed by atoms with Gasteiger partial charge in [-0.2, -0.15) is 0 Å². The van der Waals surface area contributed by atoms with E-state index in [9.17, 15) is 14.7 Å². The summed E-state index contributed by atoms with van der Waals surface area (Å²) in [6.45, 7) is 0. The van der Waals surface area contributed by atoms with Crippen molar-refractivity contribution in [1.29, 1.82) is 0 Å². The number of hydrogen-bond acceptors (Lipinski definition) is 4. The Morgan fingerprint density at radius 3 is 2.25 bits per heavy atom. The number of phenols is 1. The van der Waals surface area contributed by atoms with E-state index < -0.39 is 11.9 Å². The topological polar surface area (TPSA) is 81.7 Å². The molecule has 24 heavy (non-hydrogen) atoms. The highest BCUT2D eigenvalue weighted by Gasteiger charge is 2.22. The molecule has 6 heteroatoms. The summed E-state index contributed by atoms with van der Waals surface area (Å²) >= 11 is 0. The van der Waals surface area contributed by atoms with Gasteiger partial charge < -0.3 is 5.11 Å². The van der Waals surface area contributed by atoms with Crippen LogP contribution in [0.1, 0.15) is 15.9 Å². The first-order valence-corrected chi connectivity index (χ1v) is 7.57. The number of hydrogen-bond donors (Lipinski definition) is 3. The van der Waals surface area contributed by atoms with Gasteiger partial charge in [-0.15, -0.1) is 0 Å². The van der Waals surface area contributed by atoms with E-state index in [0.717, 1.165) is 5.56 Å². The van der Waals surface area contributed by atoms with Gasteiger partial charge in [0.15, 0.2) is 0 Å². The summed E-state index contributed by atoms with van der Waals surface area (Å²) in [6.07, 6.45) is 0.520. The highest BCUT2D eigenvalue weighted by Crippen LogP contribution is 2.14. The van der Waals surface area contributed by atoms with Crippen LogP contribution < -0.4 is 10.9 Å². The number of phenolic OH excluding ortho intramolecular Hbond substituents is 1. The molecule has 0 spiro atoms. The van der Waals surface area contributed by atoms with E-state index in [1.165, 1.54) is 12.1 Å². The van der Waals surface area contributed by atoms with Crippen molar-refractivity contribution in [3.8, 4) is 5.75 Å². The lowest BCUT2D eigenvalue weighted by molar-refractivity contribution is -0.126. The fourth-order valence-corrected chi connectivity index (χ4v) is 2.28. The second-order valence-electron chi connectivity index (χ2n) is 5.63. The maximum Gasteiger partial charge on any atom is 0.273 e. The lowest BCUT2D eigenvalue weighted by Gasteiger charge is -2.23. The zero-order chi connectivity index (χ0) is 17.5. The smallest absolute Gasteiger partial charge is 0.273 e. The molecule has 0 aliphatic heterocycles. The van der Waals surface area contributed by atoms with Crippen molar-refractivity contribution in [2.75, 3.05) is 14.1 Å². The van der Waals surface area contributed by atoms with Crippen LogP contribution in [0.4, 0.5) is 0 Å². The molecular formula is C18H21N3O3. The molecule has 3 N–H and O–H groups in total. The third-order valence-electron chi connectivity index (χ3n) is 3.65. The Hall–Kier alpha value is -2.86. The standard InChI is InChI=1S/C18H21N3O3/c1-21(2)15(12-13-8-4-3-5-9-13)18(24)20-19-17(23)14-10-6-7-11-16(14)22/h3-11,15,22H,12H2,1-2H3,(H,19,23)(H,20,24)/t15-/m0/s1. The summed E-state index contributed by atoms with van der Waals surface area (Å²) in [5.74, 6) is -1.04. The van der Waals surface area contributed by atoms with Gasteiger partial charge in [0, 0.05) is 0 Å². The molecule has 0 saturated carbocycles. The number of nitrogens with zero attached hydrogens (tertiary/aromatic N) is 1. The third-order valence-corrected chi connectivity index (χ3v) is 3.65. The van der Waals surface area contributed by atoms with Crippen molar-refractivity contribution < 1.29 is 14.7 Å². The van der Waals surface area contributed by atoms with Crippen LogP contribution in [-0.4, -0.2) is 42.0 Å². The fourth-order valence-electron chi connectivity index (χ4n) is 2.28. The quantitative estimate of drug-likeness (QED) is 0.724. The molecule has 1 atom stereocenters. The van der Waals surface area contributed by atoms with Crippen LogP contribution in [0.25, 0.3) is 0 Å². The molecule has 0 fully saturated rings. The maximum atomic E-state index is 12.4. The molecule has 0 saturated heterocycles. The fraction of sp³-hybridized carbons (Fsp3) is 0.222. The predicted molar refractivity (Wildman–Crippen MR) is 91.3 cm³/mol. The van der Waals surface area contributed by atoms with Crippen molar-refractivity contribution in [1.82, 2.24) is 15.8 Å². The first-order valence-electron chi connectivity index (χ1n) is 7.57. The number of nitrogens with one attached hydrogen (secondary N) is 2. The molecule has 0 aliphatic rings. The highest BCUT2D eigenvalue weighted by molar-refractivity contribution is 5.98. The van der Waals surface area contributed by atoms with Crippen molar-refractivity contribution in [2.45, 2.75) is 12.5 Å². The normalized spacial score (nSPS) is 11.8. The predicted octanol–water partition coefficient (Wildman–Crippen LogP) is 1.33. The van der Waals surface area contributed by atoms with Gasteiger partial charge in [-0.25, -0.2) is 0 Å². The van der Waals surface area contributed by atoms with Gasteiger partial charge >= 0.3 is 0 Å². The van der Waals surface area contributed by atoms with E-state index in [0.29, 0.717) is 6.42 Å². The number of para-hydroxylation sites is 1. The molecule has 0 aliphatic carbocycles. The molecular weight excluding hydrogens is 306 g/mol. The molecule has 0 bridgehead atoms. The molecule has 2 aromatic rings. The number of rotatable bonds is 5. The molecule has 2 aromatic carbocycles. The molecule has 6 nitrogen and oxygen atoms in total. The number of carbonyl (C=O) groups excluding carboxylic acids is 2. The second kappa shape index (κ2) is 8.12. The van der Waals surface area contributed by atoms with Crippen molar-refractivity contribution in [3.05, 3.63) is 65.7 Å². The van der Waals surface area contributed by atoms with Gasteiger partial charge in [-0.3, -0.25) is 25.3 Å². The minimum Gasteiger partial charge on any atom is -0.507 e. The summed E-state index contributed by atoms with van der Waals surface area (Å²) in [6, 6.07) is 15.4. The molecule has 0 heterocycles. The zero-order valence-corrected chi connectivity index (χ0v) is 13.7. The number of hydrazine groups is 1. The Morgan fingerprint density at radius 2 is 1.62 bits per heavy atom. The van der Waals surface area contributed by atoms with Crippen LogP contribution in [0.2, 0.25) is 0 Å². The van der Waals surface area contributed by atoms with Gasteiger partial charge in [-0.05, 0) is 38.2 Å². The molecule has 126 valence electrons. The summed E-state index contributed by atoms with van der Waals surface area (Å²) in [7, 11) is 3.61. The summed E-state index contributed by atoms with van der Waals surface area (Å²) < 4.78 is 0. The number of amides is 2. The first kappa shape index (κ1) is 17.5. The van der Waals surface area contributed by atoms with Gasteiger partial charge in [0.1, 0.15) is 5.75 Å². The Labute approximate surface area is 141 Å². The van der Waals surface area contributed by atoms with Crippen LogP contribution in [0, 0.1) is 0 Å². The van der Waals surface area contributed by atoms with Gasteiger partial charge in [0.2, 0.25) is 0 Å². The van der Waals surface area contributed by atoms with E-state index in [1.54, 1.807) is 31.1 Å². The average molecular weight is 327 g/mol. The van der Waals surface area contributed by atoms with Gasteiger partial charge in [0.05, 0.1) is 11.6 Å². The molecule has 0 radical (unpaired) electrons. The lowest BCUT2D eigenvalue weighted by Crippen LogP contribution is -2.51. The first-order chi connectivity index (χ1) is 11.5. The summed E-state index contributed by atoms with van der Waals surface area (Å²) in [5.41, 5.74) is 5.88. The Morgan fingerprint density at radius 1 is 1.00 bits per heavy atom. The Bertz CT molecular complexity index is 702. The van der Waals surface area contributed by atoms with E-state index >= 15 is 0 Å². The van der Waals surface area contributed by atoms with Gasteiger partial charge in [0.25, 0.3) is 11.8 Å². The largest absolute Gasteiger partial charge is 0.507 e. The SMILES string of the molecule is CN(C)[C@@H](Cc1ccccc1)C(=O)NNC(=O)c1ccccc1O. The summed E-state index contributed by atoms with van der Waals surface area (Å²) in [4.78, 5) is 26.2. The van der Waals surface area contributed by atoms with Gasteiger partial charge in [-0.1, -0.05) is 42.5 Å². The van der Waals surface area contributed by atoms with E-state index in [1.807, 2.05) is 30.3 Å². The van der Waals surface area contributed by atoms with E-state index in [2.05, 4.69) is 10.9 Å². The van der Waals surface area contributed by atoms with Crippen LogP contribution >= 0.6 is 0 Å². The molecule has 0 unspecified atom stereocenters. The number of benzene rings is 2. The number of carbonyl (C=O) groups is 2. The van der Waals surface area contributed by atoms with E-state index in [-0.39, 0.29) is 17.2 Å². The Balaban J connectivity index is 1.98. The molecule has 0 aromatic heterocycles. The molecule has 2 rings (SSSR count). The number of aromatic hydroxyl groups is 1. The lowest BCUT2D eigenvalue weighted by atomic mass is 10.0. The third kappa shape index (κ3) is 4.57. The van der Waals surface area contributed by atoms with Crippen LogP contribution in [0.5, 0.6) is 5.75 Å². The van der Waals surface area contributed by atoms with E-state index in [4.69, 9.17) is 0 Å². The van der Waals surface area contributed by atoms with Crippen molar-refractivity contribution in [2.24, 2.45) is 0 Å². The maximum absolute atomic E-state index is 12.4. The monoisotopic (exact) mass is 327 g/mol. The zero-order valence-electron chi connectivity index (χ0n) is 13.7. The highest BCUT2D eigenvalue weighted by atomic mass is 16.3. The van der Waals surface area contributed by atoms with Crippen LogP contribution in [-0.2, 0) is 11.2 Å². The minimum absolute atomic E-state index is 0.0993. The minimum atomic E-state index is -0.571.